The Bertz CT molecular complexity index is 3180. The molecule has 4 aromatic heterocycles. The molecule has 6 rings (SSSR count). The van der Waals surface area contributed by atoms with E-state index >= 15 is 0 Å². The van der Waals surface area contributed by atoms with Gasteiger partial charge in [-0.25, -0.2) is 32.7 Å². The van der Waals surface area contributed by atoms with Crippen molar-refractivity contribution in [3.8, 4) is 0 Å². The van der Waals surface area contributed by atoms with Crippen molar-refractivity contribution in [3.05, 3.63) is 48.3 Å². The molecule has 20 atom stereocenters. The van der Waals surface area contributed by atoms with Crippen LogP contribution >= 0.6 is 167 Å². The molecular weight excluding hydrogens is 1730 g/mol. The van der Waals surface area contributed by atoms with Crippen molar-refractivity contribution in [2.75, 3.05) is 49.5 Å². The summed E-state index contributed by atoms with van der Waals surface area (Å²) in [7, 11) is -5.35. The summed E-state index contributed by atoms with van der Waals surface area (Å²) in [4.78, 5) is 55.2. The van der Waals surface area contributed by atoms with E-state index in [2.05, 4.69) is 148 Å². The van der Waals surface area contributed by atoms with Crippen LogP contribution in [0.5, 0.6) is 0 Å². The summed E-state index contributed by atoms with van der Waals surface area (Å²) in [5.41, 5.74) is 9.67. The van der Waals surface area contributed by atoms with Gasteiger partial charge in [0.1, 0.15) is 71.5 Å². The summed E-state index contributed by atoms with van der Waals surface area (Å²) in [6, 6.07) is 6.34. The summed E-state index contributed by atoms with van der Waals surface area (Å²) in [5.74, 6) is -0.369. The monoisotopic (exact) mass is 1840 g/mol. The molecule has 0 bridgehead atoms. The number of phosphoric acid groups is 3. The standard InChI is InChI=1S/C12H18ClN4O13P3.C12H15ClN4O4.C8H22N2O7P2.2C8H18.H15P13/c13-3-12(4-27-32(23,24)30-33(25,26)29-31(20,21)22)10(19)8(18)9(28-12)6-1-2-7-11(14)15-5-16-17(6)7;13-3-12(4-18)10(20)8(19)9(21-12)6-1-2-7-11(14)15-5-16-17(6)7;1-3-5-7-9-19(16-12,17-15-11,18(13)14)10-8-6-4-2;2*1-3-5-7-8-6-4-2;1-9(2)12(7)8-13(10(3)4)11(5)6/h1-2,5,8-10,18-19H,3-4H2,(H,23,24)(H,25,26)(H2,14,15,16)(H2,20,21,22);1-2,5,8-10,18-20H,3-4H2,(H2,14,15,16);9-12H,3-8H2,1-2H3;2*3-8H2,1-2H3;8H,1-7H2/t2*8-,9-,10-,12+;;;;/m00..../s1/i;;;;;8T. The topological polar surface area (TPSA) is 524 Å². The number of alkyl halides is 2. The Morgan fingerprint density at radius 1 is 0.667 bits per heavy atom. The van der Waals surface area contributed by atoms with Crippen LogP contribution in [0.25, 0.3) is 11.0 Å². The third-order valence-corrected chi connectivity index (χ3v) is 90.7. The van der Waals surface area contributed by atoms with Crippen LogP contribution in [-0.2, 0) is 55.3 Å². The first kappa shape index (κ1) is 101. The molecule has 17 N–H and O–H groups in total. The van der Waals surface area contributed by atoms with Crippen molar-refractivity contribution in [2.45, 2.75) is 192 Å². The largest absolute Gasteiger partial charge is 0.490 e. The Hall–Kier alpha value is 3.35. The Balaban J connectivity index is 0.000000663. The van der Waals surface area contributed by atoms with Crippen molar-refractivity contribution in [2.24, 2.45) is 0 Å². The van der Waals surface area contributed by atoms with Gasteiger partial charge < -0.3 is 66.0 Å². The second-order valence-electron chi connectivity index (χ2n) is 22.3. The molecule has 4 aromatic rings. The predicted octanol–water partition coefficient (Wildman–Crippen LogP) is 14.3. The van der Waals surface area contributed by atoms with E-state index in [0.29, 0.717) is 29.6 Å². The number of hydrogen-bond acceptors (Lipinski definition) is 28. The molecule has 596 valence electrons. The average molecular weight is 1840 g/mol. The third-order valence-electron chi connectivity index (χ3n) is 14.5. The average Bonchev–Trinajstić information content (AvgIpc) is 1.65. The van der Waals surface area contributed by atoms with Crippen LogP contribution in [0.15, 0.2) is 36.9 Å². The maximum atomic E-state index is 12.0. The normalized spacial score (nSPS) is 23.1. The van der Waals surface area contributed by atoms with E-state index in [9.17, 15) is 58.5 Å². The van der Waals surface area contributed by atoms with Crippen molar-refractivity contribution < 1.29 is 116 Å². The van der Waals surface area contributed by atoms with Crippen LogP contribution in [0.2, 0.25) is 0 Å². The first-order valence-corrected chi connectivity index (χ1v) is 63.6. The van der Waals surface area contributed by atoms with Gasteiger partial charge in [-0.15, -0.1) is 85.7 Å². The molecule has 0 aliphatic carbocycles. The first-order chi connectivity index (χ1) is 48.3. The molecule has 0 amide bonds. The minimum absolute atomic E-state index is 0.0787. The number of ether oxygens (including phenoxy) is 2. The van der Waals surface area contributed by atoms with Gasteiger partial charge in [0.15, 0.2) is 11.6 Å². The van der Waals surface area contributed by atoms with Crippen molar-refractivity contribution in [1.29, 1.82) is 1.28 Å². The van der Waals surface area contributed by atoms with E-state index in [1.165, 1.54) is 105 Å². The molecule has 0 spiro atoms. The number of hydrogen-bond donors (Lipinski definition) is 15. The minimum atomic E-state index is -5.75. The summed E-state index contributed by atoms with van der Waals surface area (Å²) in [6.07, 6.45) is 14.0. The number of phosphoric ester groups is 1. The van der Waals surface area contributed by atoms with Crippen LogP contribution in [0.3, 0.4) is 0 Å². The summed E-state index contributed by atoms with van der Waals surface area (Å²) >= 11 is 11.7. The zero-order valence-corrected chi connectivity index (χ0v) is 76.7. The molecule has 2 saturated heterocycles. The number of fused-ring (bicyclic) bond motifs is 2. The number of nitrogen functional groups attached to an aromatic ring is 2. The second-order valence-corrected chi connectivity index (χ2v) is 81.0. The molecule has 6 heterocycles. The summed E-state index contributed by atoms with van der Waals surface area (Å²) in [5, 5.41) is 84.9. The van der Waals surface area contributed by atoms with Crippen molar-refractivity contribution in [3.63, 3.8) is 0 Å². The molecule has 0 radical (unpaired) electrons. The number of halogens is 2. The quantitative estimate of drug-likeness (QED) is 0.00648. The Morgan fingerprint density at radius 3 is 1.37 bits per heavy atom. The maximum absolute atomic E-state index is 12.0. The Morgan fingerprint density at radius 2 is 1.06 bits per heavy atom. The molecular formula is C48H106Cl2N10O24P18. The van der Waals surface area contributed by atoms with Crippen LogP contribution in [0.1, 0.15) is 168 Å². The molecule has 54 heteroatoms. The fraction of sp³-hybridized carbons (Fsp3) is 0.750. The van der Waals surface area contributed by atoms with Gasteiger partial charge in [0, 0.05) is 0 Å². The third kappa shape index (κ3) is 33.3. The Kier molecular flexibility index (Phi) is 51.7. The molecule has 0 aromatic carbocycles. The fourth-order valence-corrected chi connectivity index (χ4v) is 98.6. The maximum Gasteiger partial charge on any atom is 0.490 e. The molecule has 0 saturated carbocycles. The minimum Gasteiger partial charge on any atom is -0.393 e. The summed E-state index contributed by atoms with van der Waals surface area (Å²) < 4.78 is 88.5. The molecule has 2 fully saturated rings. The van der Waals surface area contributed by atoms with Gasteiger partial charge in [0.2, 0.25) is 0 Å². The molecule has 102 heavy (non-hydrogen) atoms. The smallest absolute Gasteiger partial charge is 0.393 e. The second kappa shape index (κ2) is 52.0. The zero-order valence-electron chi connectivity index (χ0n) is 58.3. The van der Waals surface area contributed by atoms with Crippen LogP contribution in [-0.4, -0.2) is 160 Å². The van der Waals surface area contributed by atoms with E-state index in [-0.39, 0.29) is 71.2 Å². The van der Waals surface area contributed by atoms with E-state index in [4.69, 9.17) is 65.7 Å². The number of anilines is 2. The van der Waals surface area contributed by atoms with Crippen LogP contribution < -0.4 is 26.5 Å². The molecule has 34 nitrogen and oxygen atoms in total. The van der Waals surface area contributed by atoms with Crippen LogP contribution in [0, 0.1) is 0 Å². The Labute approximate surface area is 631 Å². The molecule has 12 unspecified atom stereocenters. The van der Waals surface area contributed by atoms with Gasteiger partial charge in [-0.1, -0.05) is 113 Å². The van der Waals surface area contributed by atoms with Crippen LogP contribution in [0.4, 0.5) is 11.6 Å². The summed E-state index contributed by atoms with van der Waals surface area (Å²) in [6.45, 7) is 11.1. The van der Waals surface area contributed by atoms with Gasteiger partial charge >= 0.3 is 135 Å². The van der Waals surface area contributed by atoms with Crippen molar-refractivity contribution >= 4 is 189 Å². The SMILES string of the molecule is CCCCCCCC.CCCCCCCC.CCCCNP(NCCCC)(OO)(OOO)[P+](=O)[O-].Nc1ncnn2c([C@@H]3O[C@@](CO)(CCl)[C@@H](O)[C@H]3O)ccc12.Nc1ncnn2c([C@@H]3O[C@](CCl)(COP(=O)(O)OP(=O)(O)OP(=O)(O)O)[C@@H](O)[C@H]3O)ccc12.[3H]P(P(P)P(P)P)P(P(P)P)P(P)P. The number of unbranched alkanes of at least 4 members (excludes halogenated alkanes) is 12. The molecule has 2 aliphatic heterocycles. The van der Waals surface area contributed by atoms with Crippen molar-refractivity contribution in [1.82, 2.24) is 39.4 Å². The number of nitrogens with two attached hydrogens (primary N) is 2. The molecule has 2 aliphatic rings. The first-order valence-electron chi connectivity index (χ1n) is 32.0. The number of rotatable bonds is 39. The van der Waals surface area contributed by atoms with E-state index in [0.717, 1.165) is 19.2 Å². The van der Waals surface area contributed by atoms with Gasteiger partial charge in [0.05, 0.1) is 37.6 Å². The van der Waals surface area contributed by atoms with E-state index < -0.39 is 113 Å². The van der Waals surface area contributed by atoms with E-state index in [1.54, 1.807) is 12.1 Å². The number of nitrogens with one attached hydrogen (secondary N) is 2. The van der Waals surface area contributed by atoms with Gasteiger partial charge in [-0.2, -0.15) is 18.8 Å². The van der Waals surface area contributed by atoms with Gasteiger partial charge in [-0.3, -0.25) is 4.52 Å². The van der Waals surface area contributed by atoms with Gasteiger partial charge in [0.25, 0.3) is 0 Å². The zero-order chi connectivity index (χ0) is 78.8. The number of aliphatic hydroxyl groups is 5. The fourth-order valence-electron chi connectivity index (χ4n) is 9.00. The van der Waals surface area contributed by atoms with E-state index in [1.807, 2.05) is 13.8 Å². The predicted molar refractivity (Wildman–Crippen MR) is 438 cm³/mol. The number of aliphatic hydroxyl groups excluding tert-OH is 5. The number of aromatic nitrogens is 6. The van der Waals surface area contributed by atoms with Gasteiger partial charge in [-0.05, 0) is 59.2 Å². The number of nitrogens with zero attached hydrogens (tertiary/aromatic N) is 6.